The van der Waals surface area contributed by atoms with E-state index in [4.69, 9.17) is 9.47 Å². The third-order valence-electron chi connectivity index (χ3n) is 5.37. The number of nitrogens with zero attached hydrogens (tertiary/aromatic N) is 3. The van der Waals surface area contributed by atoms with Crippen LogP contribution in [0.3, 0.4) is 0 Å². The second kappa shape index (κ2) is 7.92. The Balaban J connectivity index is 1.47. The van der Waals surface area contributed by atoms with Crippen LogP contribution >= 0.6 is 0 Å². The van der Waals surface area contributed by atoms with Gasteiger partial charge in [-0.1, -0.05) is 12.1 Å². The fraction of sp³-hybridized carbons (Fsp3) is 0.364. The molecule has 1 aliphatic heterocycles. The molecular formula is C22H26N4O2. The van der Waals surface area contributed by atoms with Crippen molar-refractivity contribution in [3.05, 3.63) is 48.3 Å². The molecular weight excluding hydrogens is 352 g/mol. The van der Waals surface area contributed by atoms with E-state index in [1.165, 1.54) is 5.56 Å². The highest BCUT2D eigenvalue weighted by molar-refractivity contribution is 5.92. The summed E-state index contributed by atoms with van der Waals surface area (Å²) < 4.78 is 10.7. The van der Waals surface area contributed by atoms with E-state index in [0.717, 1.165) is 59.8 Å². The highest BCUT2D eigenvalue weighted by atomic mass is 16.5. The number of benzene rings is 2. The molecule has 1 N–H and O–H groups in total. The standard InChI is InChI=1S/C22H26N4O2/c1-15-5-4-6-20-21(15)22(24-14-23-20)26-9-7-16(8-10-26)25-17-11-18(27-2)13-19(12-17)28-3/h4-6,11-14,16,25H,7-10H2,1-3H3. The summed E-state index contributed by atoms with van der Waals surface area (Å²) >= 11 is 0. The Morgan fingerprint density at radius 1 is 1.00 bits per heavy atom. The number of aryl methyl sites for hydroxylation is 1. The van der Waals surface area contributed by atoms with Crippen molar-refractivity contribution in [1.82, 2.24) is 9.97 Å². The van der Waals surface area contributed by atoms with Crippen LogP contribution in [0.1, 0.15) is 18.4 Å². The highest BCUT2D eigenvalue weighted by Gasteiger charge is 2.22. The smallest absolute Gasteiger partial charge is 0.140 e. The van der Waals surface area contributed by atoms with Gasteiger partial charge in [-0.3, -0.25) is 0 Å². The Morgan fingerprint density at radius 3 is 2.39 bits per heavy atom. The summed E-state index contributed by atoms with van der Waals surface area (Å²) in [5.74, 6) is 2.63. The van der Waals surface area contributed by atoms with Gasteiger partial charge in [0.25, 0.3) is 0 Å². The molecule has 6 heteroatoms. The van der Waals surface area contributed by atoms with Crippen LogP contribution in [0.15, 0.2) is 42.7 Å². The summed E-state index contributed by atoms with van der Waals surface area (Å²) in [5, 5.41) is 4.79. The number of anilines is 2. The van der Waals surface area contributed by atoms with Gasteiger partial charge in [0, 0.05) is 48.4 Å². The predicted octanol–water partition coefficient (Wildman–Crippen LogP) is 4.04. The second-order valence-electron chi connectivity index (χ2n) is 7.17. The number of methoxy groups -OCH3 is 2. The number of nitrogens with one attached hydrogen (secondary N) is 1. The van der Waals surface area contributed by atoms with Crippen LogP contribution in [0.4, 0.5) is 11.5 Å². The molecule has 0 bridgehead atoms. The lowest BCUT2D eigenvalue weighted by atomic mass is 10.0. The average Bonchev–Trinajstić information content (AvgIpc) is 2.74. The van der Waals surface area contributed by atoms with E-state index in [0.29, 0.717) is 6.04 Å². The van der Waals surface area contributed by atoms with E-state index in [9.17, 15) is 0 Å². The molecule has 0 spiro atoms. The van der Waals surface area contributed by atoms with Crippen LogP contribution in [0.2, 0.25) is 0 Å². The number of rotatable bonds is 5. The molecule has 0 unspecified atom stereocenters. The molecule has 2 aromatic carbocycles. The van der Waals surface area contributed by atoms with Gasteiger partial charge in [0.15, 0.2) is 0 Å². The minimum absolute atomic E-state index is 0.405. The molecule has 0 atom stereocenters. The number of aromatic nitrogens is 2. The van der Waals surface area contributed by atoms with Crippen molar-refractivity contribution in [2.24, 2.45) is 0 Å². The molecule has 0 radical (unpaired) electrons. The van der Waals surface area contributed by atoms with Crippen LogP contribution in [-0.4, -0.2) is 43.3 Å². The van der Waals surface area contributed by atoms with Gasteiger partial charge in [0.2, 0.25) is 0 Å². The van der Waals surface area contributed by atoms with Gasteiger partial charge in [0.1, 0.15) is 23.6 Å². The Morgan fingerprint density at radius 2 is 1.71 bits per heavy atom. The summed E-state index contributed by atoms with van der Waals surface area (Å²) in [6.45, 7) is 4.04. The Bertz CT molecular complexity index is 940. The van der Waals surface area contributed by atoms with Crippen molar-refractivity contribution in [2.45, 2.75) is 25.8 Å². The quantitative estimate of drug-likeness (QED) is 0.723. The lowest BCUT2D eigenvalue weighted by Gasteiger charge is -2.34. The van der Waals surface area contributed by atoms with E-state index in [2.05, 4.69) is 39.2 Å². The van der Waals surface area contributed by atoms with E-state index in [-0.39, 0.29) is 0 Å². The van der Waals surface area contributed by atoms with Gasteiger partial charge in [0.05, 0.1) is 19.7 Å². The molecule has 1 aliphatic rings. The minimum Gasteiger partial charge on any atom is -0.497 e. The first-order valence-corrected chi connectivity index (χ1v) is 9.63. The summed E-state index contributed by atoms with van der Waals surface area (Å²) in [6, 6.07) is 12.5. The monoisotopic (exact) mass is 378 g/mol. The van der Waals surface area contributed by atoms with Gasteiger partial charge in [-0.05, 0) is 31.4 Å². The molecule has 146 valence electrons. The fourth-order valence-electron chi connectivity index (χ4n) is 3.86. The van der Waals surface area contributed by atoms with Crippen molar-refractivity contribution in [3.8, 4) is 11.5 Å². The number of hydrogen-bond acceptors (Lipinski definition) is 6. The average molecular weight is 378 g/mol. The summed E-state index contributed by atoms with van der Waals surface area (Å²) in [4.78, 5) is 11.4. The van der Waals surface area contributed by atoms with Crippen molar-refractivity contribution in [2.75, 3.05) is 37.5 Å². The summed E-state index contributed by atoms with van der Waals surface area (Å²) in [5.41, 5.74) is 3.25. The maximum Gasteiger partial charge on any atom is 0.140 e. The highest BCUT2D eigenvalue weighted by Crippen LogP contribution is 2.30. The molecule has 1 fully saturated rings. The number of ether oxygens (including phenoxy) is 2. The molecule has 0 aliphatic carbocycles. The van der Waals surface area contributed by atoms with Crippen LogP contribution in [0, 0.1) is 6.92 Å². The van der Waals surface area contributed by atoms with Crippen LogP contribution in [0.25, 0.3) is 10.9 Å². The number of hydrogen-bond donors (Lipinski definition) is 1. The van der Waals surface area contributed by atoms with Gasteiger partial charge in [-0.2, -0.15) is 0 Å². The Hall–Kier alpha value is -3.02. The largest absolute Gasteiger partial charge is 0.497 e. The van der Waals surface area contributed by atoms with E-state index < -0.39 is 0 Å². The minimum atomic E-state index is 0.405. The Kier molecular flexibility index (Phi) is 5.19. The van der Waals surface area contributed by atoms with Gasteiger partial charge in [-0.25, -0.2) is 9.97 Å². The number of piperidine rings is 1. The maximum absolute atomic E-state index is 5.37. The van der Waals surface area contributed by atoms with Crippen LogP contribution in [0.5, 0.6) is 11.5 Å². The molecule has 4 rings (SSSR count). The van der Waals surface area contributed by atoms with Crippen molar-refractivity contribution in [1.29, 1.82) is 0 Å². The third-order valence-corrected chi connectivity index (χ3v) is 5.37. The maximum atomic E-state index is 5.37. The zero-order chi connectivity index (χ0) is 19.5. The molecule has 28 heavy (non-hydrogen) atoms. The van der Waals surface area contributed by atoms with Crippen LogP contribution in [-0.2, 0) is 0 Å². The molecule has 1 saturated heterocycles. The summed E-state index contributed by atoms with van der Waals surface area (Å²) in [7, 11) is 3.34. The first kappa shape index (κ1) is 18.3. The van der Waals surface area contributed by atoms with Crippen molar-refractivity contribution >= 4 is 22.4 Å². The first-order chi connectivity index (χ1) is 13.7. The summed E-state index contributed by atoms with van der Waals surface area (Å²) in [6.07, 6.45) is 3.75. The normalized spacial score (nSPS) is 14.9. The molecule has 0 saturated carbocycles. The topological polar surface area (TPSA) is 59.5 Å². The van der Waals surface area contributed by atoms with Gasteiger partial charge >= 0.3 is 0 Å². The third kappa shape index (κ3) is 3.67. The fourth-order valence-corrected chi connectivity index (χ4v) is 3.86. The lowest BCUT2D eigenvalue weighted by Crippen LogP contribution is -2.39. The SMILES string of the molecule is COc1cc(NC2CCN(c3ncnc4cccc(C)c34)CC2)cc(OC)c1. The van der Waals surface area contributed by atoms with Crippen LogP contribution < -0.4 is 19.7 Å². The Labute approximate surface area is 165 Å². The zero-order valence-electron chi connectivity index (χ0n) is 16.6. The molecule has 6 nitrogen and oxygen atoms in total. The second-order valence-corrected chi connectivity index (χ2v) is 7.17. The van der Waals surface area contributed by atoms with E-state index in [1.54, 1.807) is 20.5 Å². The number of fused-ring (bicyclic) bond motifs is 1. The van der Waals surface area contributed by atoms with Crippen molar-refractivity contribution in [3.63, 3.8) is 0 Å². The molecule has 1 aromatic heterocycles. The molecule has 3 aromatic rings. The lowest BCUT2D eigenvalue weighted by molar-refractivity contribution is 0.394. The molecule has 2 heterocycles. The van der Waals surface area contributed by atoms with E-state index in [1.807, 2.05) is 24.3 Å². The van der Waals surface area contributed by atoms with Gasteiger partial charge in [-0.15, -0.1) is 0 Å². The van der Waals surface area contributed by atoms with Gasteiger partial charge < -0.3 is 19.7 Å². The zero-order valence-corrected chi connectivity index (χ0v) is 16.6. The first-order valence-electron chi connectivity index (χ1n) is 9.63. The van der Waals surface area contributed by atoms with E-state index >= 15 is 0 Å². The predicted molar refractivity (Wildman–Crippen MR) is 113 cm³/mol. The molecule has 0 amide bonds. The van der Waals surface area contributed by atoms with Crippen molar-refractivity contribution < 1.29 is 9.47 Å².